The van der Waals surface area contributed by atoms with Crippen LogP contribution in [0.4, 0.5) is 4.79 Å². The second kappa shape index (κ2) is 17.9. The molecule has 0 bridgehead atoms. The first-order valence-electron chi connectivity index (χ1n) is 20.6. The van der Waals surface area contributed by atoms with Crippen LogP contribution in [0.3, 0.4) is 0 Å². The summed E-state index contributed by atoms with van der Waals surface area (Å²) in [7, 11) is 0. The van der Waals surface area contributed by atoms with Crippen molar-refractivity contribution in [1.29, 1.82) is 0 Å². The summed E-state index contributed by atoms with van der Waals surface area (Å²) in [6.07, 6.45) is 16.7. The molecule has 53 heavy (non-hydrogen) atoms. The molecule has 2 aliphatic heterocycles. The summed E-state index contributed by atoms with van der Waals surface area (Å²) in [5.74, 6) is 3.64. The van der Waals surface area contributed by atoms with E-state index in [0.29, 0.717) is 36.1 Å². The van der Waals surface area contributed by atoms with E-state index in [1.807, 2.05) is 20.8 Å². The van der Waals surface area contributed by atoms with Gasteiger partial charge in [-0.2, -0.15) is 0 Å². The fourth-order valence-electron chi connectivity index (χ4n) is 8.28. The van der Waals surface area contributed by atoms with Crippen molar-refractivity contribution in [2.24, 2.45) is 22.7 Å². The van der Waals surface area contributed by atoms with Crippen LogP contribution in [-0.2, 0) is 4.74 Å². The van der Waals surface area contributed by atoms with Crippen LogP contribution in [0.2, 0.25) is 0 Å². The Hall–Kier alpha value is -3.25. The van der Waals surface area contributed by atoms with Gasteiger partial charge in [-0.15, -0.1) is 0 Å². The van der Waals surface area contributed by atoms with E-state index in [2.05, 4.69) is 108 Å². The summed E-state index contributed by atoms with van der Waals surface area (Å²) >= 11 is 0. The SMILES string of the molecule is CC(C)(C)C1CCC(Oc2ccc(C3=CCNCC3)cc2)CC1.CC(C)(C)OC(=O)N1CC=C(c2ccc(OC3CCC(C(C)(C)C)CC3)cc2)CC1. The van der Waals surface area contributed by atoms with Crippen LogP contribution >= 0.6 is 0 Å². The lowest BCUT2D eigenvalue weighted by atomic mass is 9.72. The molecule has 0 spiro atoms. The number of carbonyl (C=O) groups excluding carboxylic acids is 1. The van der Waals surface area contributed by atoms with Gasteiger partial charge in [0.25, 0.3) is 0 Å². The first-order chi connectivity index (χ1) is 25.0. The molecule has 2 aromatic rings. The highest BCUT2D eigenvalue weighted by Crippen LogP contribution is 2.40. The van der Waals surface area contributed by atoms with Gasteiger partial charge in [0.15, 0.2) is 0 Å². The molecule has 0 radical (unpaired) electrons. The molecule has 6 nitrogen and oxygen atoms in total. The van der Waals surface area contributed by atoms with Crippen molar-refractivity contribution < 1.29 is 19.0 Å². The highest BCUT2D eigenvalue weighted by atomic mass is 16.6. The molecule has 2 saturated carbocycles. The smallest absolute Gasteiger partial charge is 0.410 e. The fraction of sp³-hybridized carbons (Fsp3) is 0.638. The van der Waals surface area contributed by atoms with Gasteiger partial charge >= 0.3 is 6.09 Å². The maximum atomic E-state index is 12.2. The molecule has 292 valence electrons. The third kappa shape index (κ3) is 12.7. The Bertz CT molecular complexity index is 1500. The molecule has 0 atom stereocenters. The van der Waals surface area contributed by atoms with E-state index in [4.69, 9.17) is 14.2 Å². The fourth-order valence-corrected chi connectivity index (χ4v) is 8.28. The lowest BCUT2D eigenvalue weighted by Crippen LogP contribution is -2.39. The first-order valence-corrected chi connectivity index (χ1v) is 20.6. The minimum absolute atomic E-state index is 0.234. The van der Waals surface area contributed by atoms with Crippen LogP contribution in [0.15, 0.2) is 60.7 Å². The van der Waals surface area contributed by atoms with E-state index in [0.717, 1.165) is 62.1 Å². The molecule has 1 N–H and O–H groups in total. The molecule has 6 heteroatoms. The Morgan fingerprint density at radius 2 is 1.08 bits per heavy atom. The van der Waals surface area contributed by atoms with Crippen LogP contribution in [-0.4, -0.2) is 55.0 Å². The lowest BCUT2D eigenvalue weighted by molar-refractivity contribution is 0.0270. The van der Waals surface area contributed by atoms with Crippen LogP contribution in [0.1, 0.15) is 138 Å². The van der Waals surface area contributed by atoms with E-state index < -0.39 is 5.60 Å². The van der Waals surface area contributed by atoms with Gasteiger partial charge in [-0.1, -0.05) is 78.0 Å². The zero-order valence-corrected chi connectivity index (χ0v) is 34.6. The van der Waals surface area contributed by atoms with E-state index in [1.54, 1.807) is 4.90 Å². The number of nitrogens with one attached hydrogen (secondary N) is 1. The molecule has 4 aliphatic rings. The summed E-state index contributed by atoms with van der Waals surface area (Å²) in [4.78, 5) is 14.0. The average molecular weight is 727 g/mol. The van der Waals surface area contributed by atoms with Crippen molar-refractivity contribution >= 4 is 17.2 Å². The van der Waals surface area contributed by atoms with Crippen molar-refractivity contribution in [3.8, 4) is 11.5 Å². The summed E-state index contributed by atoms with van der Waals surface area (Å²) < 4.78 is 18.0. The second-order valence-electron chi connectivity index (χ2n) is 19.1. The van der Waals surface area contributed by atoms with Crippen molar-refractivity contribution in [3.63, 3.8) is 0 Å². The lowest BCUT2D eigenvalue weighted by Gasteiger charge is -2.37. The molecule has 0 saturated heterocycles. The van der Waals surface area contributed by atoms with Gasteiger partial charge < -0.3 is 24.4 Å². The number of carbonyl (C=O) groups is 1. The highest BCUT2D eigenvalue weighted by Gasteiger charge is 2.32. The van der Waals surface area contributed by atoms with E-state index in [9.17, 15) is 4.79 Å². The van der Waals surface area contributed by atoms with E-state index >= 15 is 0 Å². The highest BCUT2D eigenvalue weighted by molar-refractivity contribution is 5.73. The largest absolute Gasteiger partial charge is 0.490 e. The van der Waals surface area contributed by atoms with Gasteiger partial charge in [-0.05, 0) is 161 Å². The Balaban J connectivity index is 0.000000211. The molecular weight excluding hydrogens is 657 g/mol. The van der Waals surface area contributed by atoms with Gasteiger partial charge in [0.05, 0.1) is 12.2 Å². The number of amides is 1. The van der Waals surface area contributed by atoms with Crippen LogP contribution in [0.5, 0.6) is 11.5 Å². The summed E-state index contributed by atoms with van der Waals surface area (Å²) in [5, 5.41) is 3.36. The molecule has 2 aliphatic carbocycles. The van der Waals surface area contributed by atoms with Gasteiger partial charge in [-0.25, -0.2) is 4.79 Å². The number of hydrogen-bond acceptors (Lipinski definition) is 5. The molecule has 1 amide bonds. The summed E-state index contributed by atoms with van der Waals surface area (Å²) in [6.45, 7) is 23.2. The van der Waals surface area contributed by atoms with E-state index in [1.165, 1.54) is 60.8 Å². The third-order valence-electron chi connectivity index (χ3n) is 11.8. The Morgan fingerprint density at radius 3 is 1.43 bits per heavy atom. The number of rotatable bonds is 6. The van der Waals surface area contributed by atoms with Gasteiger partial charge in [0, 0.05) is 19.6 Å². The Kier molecular flexibility index (Phi) is 13.8. The number of benzene rings is 2. The first kappa shape index (κ1) is 40.9. The molecule has 6 rings (SSSR count). The third-order valence-corrected chi connectivity index (χ3v) is 11.8. The van der Waals surface area contributed by atoms with E-state index in [-0.39, 0.29) is 6.09 Å². The normalized spacial score (nSPS) is 24.2. The number of nitrogens with zero attached hydrogens (tertiary/aromatic N) is 1. The van der Waals surface area contributed by atoms with Gasteiger partial charge in [-0.3, -0.25) is 0 Å². The van der Waals surface area contributed by atoms with Crippen molar-refractivity contribution in [2.45, 2.75) is 144 Å². The average Bonchev–Trinajstić information content (AvgIpc) is 3.12. The quantitative estimate of drug-likeness (QED) is 0.321. The Morgan fingerprint density at radius 1 is 0.623 bits per heavy atom. The number of ether oxygens (including phenoxy) is 3. The van der Waals surface area contributed by atoms with Crippen molar-refractivity contribution in [1.82, 2.24) is 10.2 Å². The Labute approximate surface area is 322 Å². The summed E-state index contributed by atoms with van der Waals surface area (Å²) in [5.41, 5.74) is 5.68. The molecule has 2 fully saturated rings. The van der Waals surface area contributed by atoms with Crippen molar-refractivity contribution in [2.75, 3.05) is 26.2 Å². The topological polar surface area (TPSA) is 60.0 Å². The van der Waals surface area contributed by atoms with Crippen LogP contribution in [0.25, 0.3) is 11.1 Å². The molecule has 0 unspecified atom stereocenters. The molecule has 0 aromatic heterocycles. The maximum absolute atomic E-state index is 12.2. The monoisotopic (exact) mass is 727 g/mol. The predicted molar refractivity (Wildman–Crippen MR) is 220 cm³/mol. The molecular formula is C47H70N2O4. The standard InChI is InChI=1S/C26H39NO3.C21H31NO/c1-25(2,3)21-9-13-23(14-10-21)29-22-11-7-19(8-12-22)20-15-17-27(18-16-20)24(28)30-26(4,5)6;1-21(2,3)18-6-10-20(11-7-18)23-19-8-4-16(5-9-19)17-12-14-22-15-13-17/h7-8,11-12,15,21,23H,9-10,13-14,16-18H2,1-6H3;4-5,8-9,12,18,20,22H,6-7,10-11,13-15H2,1-3H3. The zero-order valence-electron chi connectivity index (χ0n) is 34.6. The van der Waals surface area contributed by atoms with Crippen LogP contribution in [0, 0.1) is 22.7 Å². The minimum Gasteiger partial charge on any atom is -0.490 e. The zero-order chi connectivity index (χ0) is 38.2. The molecule has 2 aromatic carbocycles. The predicted octanol–water partition coefficient (Wildman–Crippen LogP) is 11.7. The molecule has 2 heterocycles. The van der Waals surface area contributed by atoms with Gasteiger partial charge in [0.1, 0.15) is 17.1 Å². The summed E-state index contributed by atoms with van der Waals surface area (Å²) in [6, 6.07) is 17.2. The second-order valence-corrected chi connectivity index (χ2v) is 19.1. The van der Waals surface area contributed by atoms with Crippen molar-refractivity contribution in [3.05, 3.63) is 71.8 Å². The van der Waals surface area contributed by atoms with Gasteiger partial charge in [0.2, 0.25) is 0 Å². The minimum atomic E-state index is -0.455. The maximum Gasteiger partial charge on any atom is 0.410 e. The van der Waals surface area contributed by atoms with Crippen LogP contribution < -0.4 is 14.8 Å². The number of hydrogen-bond donors (Lipinski definition) is 1.